The van der Waals surface area contributed by atoms with Crippen LogP contribution in [0.2, 0.25) is 5.02 Å². The van der Waals surface area contributed by atoms with Crippen molar-refractivity contribution in [2.24, 2.45) is 0 Å². The Morgan fingerprint density at radius 1 is 1.25 bits per heavy atom. The summed E-state index contributed by atoms with van der Waals surface area (Å²) in [7, 11) is -1.64. The van der Waals surface area contributed by atoms with Crippen LogP contribution in [-0.2, 0) is 10.0 Å². The molecule has 0 amide bonds. The van der Waals surface area contributed by atoms with Crippen LogP contribution in [0.5, 0.6) is 0 Å². The lowest BCUT2D eigenvalue weighted by molar-refractivity contribution is 0.397. The van der Waals surface area contributed by atoms with E-state index in [2.05, 4.69) is 12.2 Å². The Balaban J connectivity index is 2.67. The monoisotopic (exact) mass is 318 g/mol. The average molecular weight is 319 g/mol. The molecule has 114 valence electrons. The minimum atomic E-state index is -3.26. The first-order valence-electron chi connectivity index (χ1n) is 6.80. The maximum absolute atomic E-state index is 12.2. The third-order valence-electron chi connectivity index (χ3n) is 3.30. The number of nitrogens with one attached hydrogen (secondary N) is 1. The summed E-state index contributed by atoms with van der Waals surface area (Å²) in [5.74, 6) is 0.113. The van der Waals surface area contributed by atoms with E-state index >= 15 is 0 Å². The van der Waals surface area contributed by atoms with Crippen LogP contribution in [0.15, 0.2) is 24.3 Å². The van der Waals surface area contributed by atoms with Crippen molar-refractivity contribution in [1.29, 1.82) is 0 Å². The molecule has 1 aromatic rings. The van der Waals surface area contributed by atoms with E-state index in [-0.39, 0.29) is 11.8 Å². The predicted molar refractivity (Wildman–Crippen MR) is 84.6 cm³/mol. The van der Waals surface area contributed by atoms with E-state index in [9.17, 15) is 8.42 Å². The summed E-state index contributed by atoms with van der Waals surface area (Å²) in [4.78, 5) is 0. The third kappa shape index (κ3) is 5.05. The summed E-state index contributed by atoms with van der Waals surface area (Å²) in [6.45, 7) is 5.25. The Labute approximate surface area is 127 Å². The lowest BCUT2D eigenvalue weighted by atomic mass is 10.1. The molecular weight excluding hydrogens is 296 g/mol. The van der Waals surface area contributed by atoms with Gasteiger partial charge in [-0.05, 0) is 37.6 Å². The molecule has 20 heavy (non-hydrogen) atoms. The molecule has 1 atom stereocenters. The first-order chi connectivity index (χ1) is 9.38. The molecule has 6 heteroatoms. The molecule has 0 radical (unpaired) electrons. The topological polar surface area (TPSA) is 49.4 Å². The molecule has 0 spiro atoms. The molecule has 0 saturated heterocycles. The zero-order valence-electron chi connectivity index (χ0n) is 12.3. The van der Waals surface area contributed by atoms with Crippen LogP contribution in [-0.4, -0.2) is 38.6 Å². The molecule has 0 fully saturated rings. The summed E-state index contributed by atoms with van der Waals surface area (Å²) in [6, 6.07) is 7.05. The second kappa shape index (κ2) is 7.98. The number of nitrogens with zero attached hydrogens (tertiary/aromatic N) is 1. The second-order valence-corrected chi connectivity index (χ2v) is 7.39. The van der Waals surface area contributed by atoms with Crippen LogP contribution >= 0.6 is 11.6 Å². The highest BCUT2D eigenvalue weighted by Gasteiger charge is 2.23. The fourth-order valence-corrected chi connectivity index (χ4v) is 3.26. The lowest BCUT2D eigenvalue weighted by Gasteiger charge is -2.24. The maximum Gasteiger partial charge on any atom is 0.215 e. The molecule has 4 nitrogen and oxygen atoms in total. The molecule has 1 unspecified atom stereocenters. The molecule has 0 aromatic heterocycles. The van der Waals surface area contributed by atoms with Gasteiger partial charge in [-0.2, -0.15) is 4.31 Å². The van der Waals surface area contributed by atoms with E-state index in [1.807, 2.05) is 19.1 Å². The van der Waals surface area contributed by atoms with Gasteiger partial charge in [-0.15, -0.1) is 0 Å². The molecular formula is C14H23ClN2O2S. The zero-order chi connectivity index (χ0) is 15.2. The number of benzene rings is 1. The molecule has 0 heterocycles. The molecule has 0 saturated carbocycles. The van der Waals surface area contributed by atoms with E-state index < -0.39 is 10.0 Å². The van der Waals surface area contributed by atoms with Crippen molar-refractivity contribution in [1.82, 2.24) is 9.62 Å². The molecule has 0 aliphatic heterocycles. The lowest BCUT2D eigenvalue weighted by Crippen LogP contribution is -2.35. The van der Waals surface area contributed by atoms with Crippen molar-refractivity contribution in [3.8, 4) is 0 Å². The minimum Gasteiger partial charge on any atom is -0.316 e. The zero-order valence-corrected chi connectivity index (χ0v) is 13.8. The molecule has 0 bridgehead atoms. The van der Waals surface area contributed by atoms with Gasteiger partial charge in [0, 0.05) is 24.7 Å². The Morgan fingerprint density at radius 2 is 1.85 bits per heavy atom. The highest BCUT2D eigenvalue weighted by atomic mass is 35.5. The van der Waals surface area contributed by atoms with Gasteiger partial charge >= 0.3 is 0 Å². The van der Waals surface area contributed by atoms with Crippen LogP contribution in [0.1, 0.15) is 31.9 Å². The largest absolute Gasteiger partial charge is 0.316 e. The third-order valence-corrected chi connectivity index (χ3v) is 5.47. The van der Waals surface area contributed by atoms with E-state index in [0.29, 0.717) is 11.6 Å². The van der Waals surface area contributed by atoms with Crippen molar-refractivity contribution in [3.63, 3.8) is 0 Å². The number of rotatable bonds is 8. The smallest absolute Gasteiger partial charge is 0.215 e. The first kappa shape index (κ1) is 17.4. The summed E-state index contributed by atoms with van der Waals surface area (Å²) < 4.78 is 25.9. The molecule has 1 rings (SSSR count). The van der Waals surface area contributed by atoms with Gasteiger partial charge in [0.15, 0.2) is 0 Å². The van der Waals surface area contributed by atoms with Crippen molar-refractivity contribution in [2.75, 3.05) is 25.9 Å². The quantitative estimate of drug-likeness (QED) is 0.750. The van der Waals surface area contributed by atoms with Crippen molar-refractivity contribution in [2.45, 2.75) is 26.3 Å². The average Bonchev–Trinajstić information content (AvgIpc) is 2.43. The van der Waals surface area contributed by atoms with Gasteiger partial charge in [0.25, 0.3) is 0 Å². The van der Waals surface area contributed by atoms with Crippen molar-refractivity contribution >= 4 is 21.6 Å². The van der Waals surface area contributed by atoms with Gasteiger partial charge in [-0.3, -0.25) is 0 Å². The van der Waals surface area contributed by atoms with Gasteiger partial charge in [-0.25, -0.2) is 8.42 Å². The van der Waals surface area contributed by atoms with E-state index in [1.165, 1.54) is 4.31 Å². The number of sulfonamides is 1. The Bertz CT molecular complexity index is 502. The highest BCUT2D eigenvalue weighted by Crippen LogP contribution is 2.23. The second-order valence-electron chi connectivity index (χ2n) is 4.81. The molecule has 0 aliphatic rings. The van der Waals surface area contributed by atoms with E-state index in [0.717, 1.165) is 18.5 Å². The van der Waals surface area contributed by atoms with Crippen LogP contribution in [0, 0.1) is 0 Å². The van der Waals surface area contributed by atoms with E-state index in [4.69, 9.17) is 11.6 Å². The van der Waals surface area contributed by atoms with Crippen LogP contribution in [0.25, 0.3) is 0 Å². The van der Waals surface area contributed by atoms with Crippen LogP contribution < -0.4 is 5.32 Å². The fourth-order valence-electron chi connectivity index (χ4n) is 1.84. The Hall–Kier alpha value is -0.620. The normalized spacial score (nSPS) is 13.7. The van der Waals surface area contributed by atoms with Crippen molar-refractivity contribution < 1.29 is 8.42 Å². The number of halogens is 1. The maximum atomic E-state index is 12.2. The number of hydrogen-bond donors (Lipinski definition) is 1. The van der Waals surface area contributed by atoms with Crippen LogP contribution in [0.3, 0.4) is 0 Å². The minimum absolute atomic E-state index is 0.113. The fraction of sp³-hybridized carbons (Fsp3) is 0.571. The van der Waals surface area contributed by atoms with Crippen molar-refractivity contribution in [3.05, 3.63) is 34.9 Å². The highest BCUT2D eigenvalue weighted by molar-refractivity contribution is 7.89. The Kier molecular flexibility index (Phi) is 6.95. The van der Waals surface area contributed by atoms with E-state index in [1.54, 1.807) is 19.2 Å². The summed E-state index contributed by atoms with van der Waals surface area (Å²) >= 11 is 5.84. The summed E-state index contributed by atoms with van der Waals surface area (Å²) in [6.07, 6.45) is 0.997. The van der Waals surface area contributed by atoms with Crippen LogP contribution in [0.4, 0.5) is 0 Å². The summed E-state index contributed by atoms with van der Waals surface area (Å²) in [5.41, 5.74) is 0.932. The molecule has 0 aliphatic carbocycles. The summed E-state index contributed by atoms with van der Waals surface area (Å²) in [5, 5.41) is 3.76. The number of hydrogen-bond acceptors (Lipinski definition) is 3. The standard InChI is InChI=1S/C14H23ClN2O2S/c1-4-9-16-10-11-20(18,19)17(3)12(2)13-5-7-14(15)8-6-13/h5-8,12,16H,4,9-11H2,1-3H3. The van der Waals surface area contributed by atoms with Gasteiger partial charge in [-0.1, -0.05) is 30.7 Å². The molecule has 1 aromatic carbocycles. The first-order valence-corrected chi connectivity index (χ1v) is 8.79. The Morgan fingerprint density at radius 3 is 2.40 bits per heavy atom. The SMILES string of the molecule is CCCNCCS(=O)(=O)N(C)C(C)c1ccc(Cl)cc1. The van der Waals surface area contributed by atoms with Gasteiger partial charge in [0.2, 0.25) is 10.0 Å². The van der Waals surface area contributed by atoms with Gasteiger partial charge < -0.3 is 5.32 Å². The predicted octanol–water partition coefficient (Wildman–Crippen LogP) is 2.66. The van der Waals surface area contributed by atoms with Gasteiger partial charge in [0.05, 0.1) is 5.75 Å². The van der Waals surface area contributed by atoms with Gasteiger partial charge in [0.1, 0.15) is 0 Å². The molecule has 1 N–H and O–H groups in total.